The monoisotopic (exact) mass is 482 g/mol. The highest BCUT2D eigenvalue weighted by molar-refractivity contribution is 5.93. The molecule has 2 rings (SSSR count). The maximum atomic E-state index is 12.5. The van der Waals surface area contributed by atoms with Crippen LogP contribution < -0.4 is 10.6 Å². The fourth-order valence-corrected chi connectivity index (χ4v) is 2.58. The first kappa shape index (κ1) is 26.4. The number of nitrogens with one attached hydrogen (secondary N) is 2. The summed E-state index contributed by atoms with van der Waals surface area (Å²) in [5, 5.41) is 5.01. The van der Waals surface area contributed by atoms with Gasteiger partial charge in [0.25, 0.3) is 0 Å². The van der Waals surface area contributed by atoms with Crippen molar-refractivity contribution in [2.75, 3.05) is 6.54 Å². The van der Waals surface area contributed by atoms with E-state index in [1.807, 2.05) is 0 Å². The third-order valence-corrected chi connectivity index (χ3v) is 4.36. The van der Waals surface area contributed by atoms with Crippen LogP contribution in [-0.2, 0) is 21.9 Å². The van der Waals surface area contributed by atoms with E-state index in [9.17, 15) is 35.9 Å². The largest absolute Gasteiger partial charge is 0.416 e. The first-order chi connectivity index (χ1) is 15.8. The molecule has 0 atom stereocenters. The van der Waals surface area contributed by atoms with Gasteiger partial charge in [-0.1, -0.05) is 30.8 Å². The lowest BCUT2D eigenvalue weighted by Crippen LogP contribution is -2.26. The Hall–Kier alpha value is -3.82. The van der Waals surface area contributed by atoms with Gasteiger partial charge in [0.2, 0.25) is 11.8 Å². The number of carbonyl (C=O) groups excluding carboxylic acids is 2. The van der Waals surface area contributed by atoms with Gasteiger partial charge in [0.1, 0.15) is 0 Å². The minimum Gasteiger partial charge on any atom is -0.352 e. The molecule has 0 saturated heterocycles. The van der Waals surface area contributed by atoms with Gasteiger partial charge in [0, 0.05) is 30.8 Å². The standard InChI is InChI=1S/C24H20F6N2O2/c1-16(32-22(34)13-7-18-4-10-20(11-5-18)24(28,29)30)14-15-31-21(33)12-6-17-2-8-19(9-3-17)23(25,26)27/h2-13H,1,14-15H2,(H,31,33)(H,32,34)/b12-6+,13-7+. The van der Waals surface area contributed by atoms with Gasteiger partial charge in [-0.3, -0.25) is 9.59 Å². The van der Waals surface area contributed by atoms with Crippen LogP contribution >= 0.6 is 0 Å². The van der Waals surface area contributed by atoms with Gasteiger partial charge in [-0.2, -0.15) is 26.3 Å². The van der Waals surface area contributed by atoms with Crippen molar-refractivity contribution in [3.05, 3.63) is 95.2 Å². The summed E-state index contributed by atoms with van der Waals surface area (Å²) in [4.78, 5) is 23.7. The number of hydrogen-bond donors (Lipinski definition) is 2. The van der Waals surface area contributed by atoms with Gasteiger partial charge in [-0.05, 0) is 47.5 Å². The lowest BCUT2D eigenvalue weighted by molar-refractivity contribution is -0.138. The molecule has 2 N–H and O–H groups in total. The number of alkyl halides is 6. The van der Waals surface area contributed by atoms with Crippen molar-refractivity contribution >= 4 is 24.0 Å². The highest BCUT2D eigenvalue weighted by atomic mass is 19.4. The van der Waals surface area contributed by atoms with Crippen LogP contribution in [0.5, 0.6) is 0 Å². The minimum atomic E-state index is -4.44. The van der Waals surface area contributed by atoms with E-state index in [0.29, 0.717) is 16.8 Å². The molecule has 180 valence electrons. The van der Waals surface area contributed by atoms with Crippen LogP contribution in [0.3, 0.4) is 0 Å². The molecule has 2 amide bonds. The normalized spacial score (nSPS) is 12.2. The number of amides is 2. The summed E-state index contributed by atoms with van der Waals surface area (Å²) in [7, 11) is 0. The van der Waals surface area contributed by atoms with Gasteiger partial charge in [-0.25, -0.2) is 0 Å². The zero-order chi connectivity index (χ0) is 25.4. The molecule has 2 aromatic rings. The fourth-order valence-electron chi connectivity index (χ4n) is 2.58. The van der Waals surface area contributed by atoms with Gasteiger partial charge in [0.15, 0.2) is 0 Å². The Morgan fingerprint density at radius 2 is 1.15 bits per heavy atom. The highest BCUT2D eigenvalue weighted by Gasteiger charge is 2.30. The molecule has 0 saturated carbocycles. The molecule has 0 aliphatic heterocycles. The summed E-state index contributed by atoms with van der Waals surface area (Å²) in [6.07, 6.45) is -3.66. The van der Waals surface area contributed by atoms with E-state index >= 15 is 0 Å². The van der Waals surface area contributed by atoms with Crippen molar-refractivity contribution in [2.45, 2.75) is 18.8 Å². The van der Waals surface area contributed by atoms with E-state index in [4.69, 9.17) is 0 Å². The van der Waals surface area contributed by atoms with Crippen LogP contribution in [0.4, 0.5) is 26.3 Å². The fraction of sp³-hybridized carbons (Fsp3) is 0.167. The number of halogens is 6. The Kier molecular flexibility index (Phi) is 8.83. The van der Waals surface area contributed by atoms with Crippen molar-refractivity contribution in [3.63, 3.8) is 0 Å². The summed E-state index contributed by atoms with van der Waals surface area (Å²) >= 11 is 0. The first-order valence-corrected chi connectivity index (χ1v) is 9.82. The molecule has 0 aliphatic rings. The molecular formula is C24H20F6N2O2. The maximum Gasteiger partial charge on any atom is 0.416 e. The second-order valence-corrected chi connectivity index (χ2v) is 7.04. The third-order valence-electron chi connectivity index (χ3n) is 4.36. The molecule has 0 fully saturated rings. The maximum absolute atomic E-state index is 12.5. The van der Waals surface area contributed by atoms with E-state index in [-0.39, 0.29) is 13.0 Å². The third kappa shape index (κ3) is 8.97. The molecular weight excluding hydrogens is 462 g/mol. The molecule has 10 heteroatoms. The lowest BCUT2D eigenvalue weighted by Gasteiger charge is -2.07. The van der Waals surface area contributed by atoms with E-state index in [1.54, 1.807) is 0 Å². The SMILES string of the molecule is C=C(CCNC(=O)/C=C/c1ccc(C(F)(F)F)cc1)NC(=O)/C=C/c1ccc(C(F)(F)F)cc1. The molecule has 0 bridgehead atoms. The van der Waals surface area contributed by atoms with E-state index < -0.39 is 35.3 Å². The second kappa shape index (κ2) is 11.4. The Labute approximate surface area is 191 Å². The lowest BCUT2D eigenvalue weighted by atomic mass is 10.1. The van der Waals surface area contributed by atoms with Crippen LogP contribution in [0.15, 0.2) is 73.0 Å². The van der Waals surface area contributed by atoms with E-state index in [0.717, 1.165) is 36.4 Å². The Morgan fingerprint density at radius 1 is 0.735 bits per heavy atom. The molecule has 34 heavy (non-hydrogen) atoms. The van der Waals surface area contributed by atoms with Crippen LogP contribution in [0.25, 0.3) is 12.2 Å². The summed E-state index contributed by atoms with van der Waals surface area (Å²) < 4.78 is 75.2. The average molecular weight is 482 g/mol. The molecule has 0 spiro atoms. The zero-order valence-corrected chi connectivity index (χ0v) is 17.6. The topological polar surface area (TPSA) is 58.2 Å². The molecule has 2 aromatic carbocycles. The van der Waals surface area contributed by atoms with Crippen molar-refractivity contribution < 1.29 is 35.9 Å². The summed E-state index contributed by atoms with van der Waals surface area (Å²) in [6, 6.07) is 8.58. The van der Waals surface area contributed by atoms with Crippen LogP contribution in [0.1, 0.15) is 28.7 Å². The highest BCUT2D eigenvalue weighted by Crippen LogP contribution is 2.30. The predicted octanol–water partition coefficient (Wildman–Crippen LogP) is 5.59. The zero-order valence-electron chi connectivity index (χ0n) is 17.6. The predicted molar refractivity (Wildman–Crippen MR) is 116 cm³/mol. The molecule has 4 nitrogen and oxygen atoms in total. The van der Waals surface area contributed by atoms with E-state index in [1.165, 1.54) is 36.4 Å². The van der Waals surface area contributed by atoms with Crippen molar-refractivity contribution in [2.24, 2.45) is 0 Å². The molecule has 0 aromatic heterocycles. The molecule has 0 radical (unpaired) electrons. The second-order valence-electron chi connectivity index (χ2n) is 7.04. The summed E-state index contributed by atoms with van der Waals surface area (Å²) in [6.45, 7) is 3.79. The van der Waals surface area contributed by atoms with Gasteiger partial charge >= 0.3 is 12.4 Å². The summed E-state index contributed by atoms with van der Waals surface area (Å²) in [5.41, 5.74) is -0.461. The smallest absolute Gasteiger partial charge is 0.352 e. The van der Waals surface area contributed by atoms with E-state index in [2.05, 4.69) is 17.2 Å². The minimum absolute atomic E-state index is 0.137. The van der Waals surface area contributed by atoms with Crippen LogP contribution in [0, 0.1) is 0 Å². The van der Waals surface area contributed by atoms with Crippen molar-refractivity contribution in [3.8, 4) is 0 Å². The number of hydrogen-bond acceptors (Lipinski definition) is 2. The molecule has 0 unspecified atom stereocenters. The first-order valence-electron chi connectivity index (χ1n) is 9.82. The Balaban J connectivity index is 1.73. The number of carbonyl (C=O) groups is 2. The van der Waals surface area contributed by atoms with Gasteiger partial charge < -0.3 is 10.6 Å². The van der Waals surface area contributed by atoms with Gasteiger partial charge in [0.05, 0.1) is 11.1 Å². The van der Waals surface area contributed by atoms with Crippen molar-refractivity contribution in [1.29, 1.82) is 0 Å². The van der Waals surface area contributed by atoms with Crippen molar-refractivity contribution in [1.82, 2.24) is 10.6 Å². The number of rotatable bonds is 8. The van der Waals surface area contributed by atoms with Crippen LogP contribution in [-0.4, -0.2) is 18.4 Å². The molecule has 0 aliphatic carbocycles. The average Bonchev–Trinajstić information content (AvgIpc) is 2.75. The summed E-state index contributed by atoms with van der Waals surface area (Å²) in [5.74, 6) is -1.03. The quantitative estimate of drug-likeness (QED) is 0.381. The van der Waals surface area contributed by atoms with Crippen LogP contribution in [0.2, 0.25) is 0 Å². The molecule has 0 heterocycles. The Bertz CT molecular complexity index is 1070. The Morgan fingerprint density at radius 3 is 1.56 bits per heavy atom. The van der Waals surface area contributed by atoms with Gasteiger partial charge in [-0.15, -0.1) is 0 Å². The number of benzene rings is 2.